The molecule has 2 atom stereocenters. The molecule has 0 rings (SSSR count). The fourth-order valence-corrected chi connectivity index (χ4v) is 7.79. The molecular formula is C10H26O5Si2. The normalized spacial score (nSPS) is 16.9. The highest BCUT2D eigenvalue weighted by Gasteiger charge is 2.36. The third kappa shape index (κ3) is 9.89. The van der Waals surface area contributed by atoms with Gasteiger partial charge >= 0.3 is 17.1 Å². The van der Waals surface area contributed by atoms with Gasteiger partial charge in [0.25, 0.3) is 0 Å². The first-order valence-electron chi connectivity index (χ1n) is 5.88. The SMILES string of the molecule is CC(O)CO[Si](C)(C)O[Si](C)(C)OCC(C)O. The van der Waals surface area contributed by atoms with E-state index in [9.17, 15) is 10.2 Å². The van der Waals surface area contributed by atoms with Gasteiger partial charge in [-0.2, -0.15) is 0 Å². The van der Waals surface area contributed by atoms with Gasteiger partial charge in [-0.25, -0.2) is 0 Å². The van der Waals surface area contributed by atoms with Crippen LogP contribution in [0.15, 0.2) is 0 Å². The molecule has 17 heavy (non-hydrogen) atoms. The van der Waals surface area contributed by atoms with Crippen LogP contribution in [0.4, 0.5) is 0 Å². The Bertz CT molecular complexity index is 197. The molecule has 0 aromatic rings. The molecule has 2 unspecified atom stereocenters. The van der Waals surface area contributed by atoms with Gasteiger partial charge in [0, 0.05) is 0 Å². The summed E-state index contributed by atoms with van der Waals surface area (Å²) in [5.41, 5.74) is 0. The Morgan fingerprint density at radius 1 is 0.824 bits per heavy atom. The van der Waals surface area contributed by atoms with Crippen molar-refractivity contribution in [3.63, 3.8) is 0 Å². The highest BCUT2D eigenvalue weighted by molar-refractivity contribution is 6.78. The second kappa shape index (κ2) is 6.98. The molecule has 0 heterocycles. The van der Waals surface area contributed by atoms with Crippen LogP contribution in [-0.4, -0.2) is 52.8 Å². The third-order valence-electron chi connectivity index (χ3n) is 1.84. The molecule has 0 saturated heterocycles. The largest absolute Gasteiger partial charge is 0.415 e. The van der Waals surface area contributed by atoms with Crippen molar-refractivity contribution in [1.29, 1.82) is 0 Å². The maximum atomic E-state index is 9.18. The summed E-state index contributed by atoms with van der Waals surface area (Å²) >= 11 is 0. The summed E-state index contributed by atoms with van der Waals surface area (Å²) in [5, 5.41) is 18.4. The van der Waals surface area contributed by atoms with E-state index in [-0.39, 0.29) is 13.2 Å². The second-order valence-electron chi connectivity index (χ2n) is 5.22. The summed E-state index contributed by atoms with van der Waals surface area (Å²) in [6, 6.07) is 0. The zero-order chi connectivity index (χ0) is 13.7. The Kier molecular flexibility index (Phi) is 7.07. The fraction of sp³-hybridized carbons (Fsp3) is 1.00. The van der Waals surface area contributed by atoms with Crippen LogP contribution in [0.25, 0.3) is 0 Å². The predicted octanol–water partition coefficient (Wildman–Crippen LogP) is 1.20. The van der Waals surface area contributed by atoms with E-state index in [4.69, 9.17) is 13.0 Å². The van der Waals surface area contributed by atoms with Gasteiger partial charge in [0.05, 0.1) is 25.4 Å². The molecule has 2 N–H and O–H groups in total. The summed E-state index contributed by atoms with van der Waals surface area (Å²) in [4.78, 5) is 0. The highest BCUT2D eigenvalue weighted by atomic mass is 28.5. The Hall–Kier alpha value is 0.234. The van der Waals surface area contributed by atoms with Crippen molar-refractivity contribution in [1.82, 2.24) is 0 Å². The van der Waals surface area contributed by atoms with Crippen LogP contribution >= 0.6 is 0 Å². The average molecular weight is 282 g/mol. The maximum absolute atomic E-state index is 9.18. The molecule has 0 aromatic carbocycles. The van der Waals surface area contributed by atoms with Gasteiger partial charge in [-0.3, -0.25) is 0 Å². The molecule has 0 fully saturated rings. The van der Waals surface area contributed by atoms with E-state index >= 15 is 0 Å². The zero-order valence-electron chi connectivity index (χ0n) is 11.7. The minimum atomic E-state index is -2.28. The van der Waals surface area contributed by atoms with Crippen LogP contribution in [0.3, 0.4) is 0 Å². The van der Waals surface area contributed by atoms with E-state index in [2.05, 4.69) is 0 Å². The van der Waals surface area contributed by atoms with E-state index < -0.39 is 29.3 Å². The number of aliphatic hydroxyl groups is 2. The summed E-state index contributed by atoms with van der Waals surface area (Å²) < 4.78 is 17.1. The van der Waals surface area contributed by atoms with E-state index in [0.29, 0.717) is 0 Å². The Morgan fingerprint density at radius 2 is 1.12 bits per heavy atom. The summed E-state index contributed by atoms with van der Waals surface area (Å²) in [7, 11) is -4.56. The fourth-order valence-electron chi connectivity index (χ4n) is 1.29. The molecule has 0 amide bonds. The molecule has 0 aliphatic rings. The van der Waals surface area contributed by atoms with Gasteiger partial charge in [-0.05, 0) is 40.0 Å². The summed E-state index contributed by atoms with van der Waals surface area (Å²) in [5.74, 6) is 0. The number of aliphatic hydroxyl groups excluding tert-OH is 2. The van der Waals surface area contributed by atoms with E-state index in [1.165, 1.54) is 0 Å². The van der Waals surface area contributed by atoms with E-state index in [0.717, 1.165) is 0 Å². The van der Waals surface area contributed by atoms with Gasteiger partial charge in [0.15, 0.2) is 0 Å². The van der Waals surface area contributed by atoms with Crippen LogP contribution in [0.5, 0.6) is 0 Å². The highest BCUT2D eigenvalue weighted by Crippen LogP contribution is 2.17. The Labute approximate surface area is 106 Å². The lowest BCUT2D eigenvalue weighted by Gasteiger charge is -2.33. The van der Waals surface area contributed by atoms with E-state index in [1.807, 2.05) is 26.2 Å². The third-order valence-corrected chi connectivity index (χ3v) is 7.49. The molecule has 5 nitrogen and oxygen atoms in total. The van der Waals surface area contributed by atoms with Crippen molar-refractivity contribution in [3.05, 3.63) is 0 Å². The Balaban J connectivity index is 4.17. The lowest BCUT2D eigenvalue weighted by molar-refractivity contribution is 0.0862. The quantitative estimate of drug-likeness (QED) is 0.655. The molecule has 7 heteroatoms. The van der Waals surface area contributed by atoms with Gasteiger partial charge in [-0.15, -0.1) is 0 Å². The lowest BCUT2D eigenvalue weighted by Crippen LogP contribution is -2.49. The van der Waals surface area contributed by atoms with Crippen molar-refractivity contribution in [2.24, 2.45) is 0 Å². The van der Waals surface area contributed by atoms with Gasteiger partial charge < -0.3 is 23.2 Å². The second-order valence-corrected chi connectivity index (χ2v) is 12.2. The molecule has 0 aliphatic heterocycles. The monoisotopic (exact) mass is 282 g/mol. The number of hydrogen-bond donors (Lipinski definition) is 2. The van der Waals surface area contributed by atoms with E-state index in [1.54, 1.807) is 13.8 Å². The molecule has 0 aromatic heterocycles. The topological polar surface area (TPSA) is 68.2 Å². The summed E-state index contributed by atoms with van der Waals surface area (Å²) in [6.45, 7) is 11.6. The molecule has 0 bridgehead atoms. The first kappa shape index (κ1) is 17.2. The minimum Gasteiger partial charge on any atom is -0.415 e. The standard InChI is InChI=1S/C10H26O5Si2/c1-9(11)7-13-16(3,4)15-17(5,6)14-8-10(2)12/h9-12H,7-8H2,1-6H3. The predicted molar refractivity (Wildman–Crippen MR) is 71.3 cm³/mol. The zero-order valence-corrected chi connectivity index (χ0v) is 13.7. The first-order chi connectivity index (χ1) is 7.54. The minimum absolute atomic E-state index is 0.278. The first-order valence-corrected chi connectivity index (χ1v) is 11.5. The van der Waals surface area contributed by atoms with Crippen molar-refractivity contribution >= 4 is 17.1 Å². The molecule has 104 valence electrons. The molecular weight excluding hydrogens is 256 g/mol. The van der Waals surface area contributed by atoms with Crippen molar-refractivity contribution < 1.29 is 23.2 Å². The van der Waals surface area contributed by atoms with Crippen molar-refractivity contribution in [3.8, 4) is 0 Å². The molecule has 0 aliphatic carbocycles. The smallest absolute Gasteiger partial charge is 0.323 e. The number of hydrogen-bond acceptors (Lipinski definition) is 5. The van der Waals surface area contributed by atoms with Crippen LogP contribution in [0.1, 0.15) is 13.8 Å². The average Bonchev–Trinajstić information content (AvgIpc) is 2.10. The van der Waals surface area contributed by atoms with Crippen LogP contribution in [0, 0.1) is 0 Å². The van der Waals surface area contributed by atoms with Gasteiger partial charge in [0.1, 0.15) is 0 Å². The molecule has 0 radical (unpaired) electrons. The maximum Gasteiger partial charge on any atom is 0.323 e. The summed E-state index contributed by atoms with van der Waals surface area (Å²) in [6.07, 6.45) is -0.984. The van der Waals surface area contributed by atoms with Crippen LogP contribution in [0.2, 0.25) is 26.2 Å². The van der Waals surface area contributed by atoms with Crippen molar-refractivity contribution in [2.45, 2.75) is 52.2 Å². The van der Waals surface area contributed by atoms with Crippen molar-refractivity contribution in [2.75, 3.05) is 13.2 Å². The van der Waals surface area contributed by atoms with Gasteiger partial charge in [0.2, 0.25) is 0 Å². The Morgan fingerprint density at radius 3 is 1.35 bits per heavy atom. The van der Waals surface area contributed by atoms with Crippen LogP contribution in [-0.2, 0) is 13.0 Å². The van der Waals surface area contributed by atoms with Gasteiger partial charge in [-0.1, -0.05) is 0 Å². The molecule has 0 spiro atoms. The molecule has 0 saturated carbocycles. The van der Waals surface area contributed by atoms with Crippen LogP contribution < -0.4 is 0 Å². The lowest BCUT2D eigenvalue weighted by atomic mass is 10.5. The number of rotatable bonds is 8.